The molecule has 1 unspecified atom stereocenters. The molecular weight excluding hydrogens is 384 g/mol. The number of pyridine rings is 1. The molecule has 4 aromatic rings. The van der Waals surface area contributed by atoms with Gasteiger partial charge < -0.3 is 9.88 Å². The number of hydrogen-bond acceptors (Lipinski definition) is 3. The molecule has 0 saturated heterocycles. The Kier molecular flexibility index (Phi) is 5.59. The molecule has 0 aliphatic carbocycles. The largest absolute Gasteiger partial charge is 0.342 e. The number of rotatable bonds is 5. The van der Waals surface area contributed by atoms with E-state index >= 15 is 0 Å². The number of carbonyl (C=O) groups is 1. The highest BCUT2D eigenvalue weighted by atomic mass is 16.1. The van der Waals surface area contributed by atoms with Crippen LogP contribution in [-0.4, -0.2) is 20.4 Å². The molecule has 1 N–H and O–H groups in total. The van der Waals surface area contributed by atoms with Gasteiger partial charge in [-0.25, -0.2) is 4.98 Å². The van der Waals surface area contributed by atoms with Crippen molar-refractivity contribution in [3.63, 3.8) is 0 Å². The second-order valence-corrected chi connectivity index (χ2v) is 8.22. The van der Waals surface area contributed by atoms with E-state index in [4.69, 9.17) is 4.98 Å². The van der Waals surface area contributed by atoms with E-state index in [1.807, 2.05) is 25.1 Å². The summed E-state index contributed by atoms with van der Waals surface area (Å²) in [6, 6.07) is 13.7. The Bertz CT molecular complexity index is 1230. The summed E-state index contributed by atoms with van der Waals surface area (Å²) in [6.45, 7) is 11.4. The Labute approximate surface area is 183 Å². The number of aryl methyl sites for hydroxylation is 2. The summed E-state index contributed by atoms with van der Waals surface area (Å²) in [6.07, 6.45) is 3.24. The molecule has 0 aliphatic rings. The second-order valence-electron chi connectivity index (χ2n) is 8.22. The zero-order valence-electron chi connectivity index (χ0n) is 18.7. The van der Waals surface area contributed by atoms with E-state index in [1.54, 1.807) is 24.5 Å². The van der Waals surface area contributed by atoms with Crippen LogP contribution in [-0.2, 0) is 6.54 Å². The minimum Gasteiger partial charge on any atom is -0.342 e. The summed E-state index contributed by atoms with van der Waals surface area (Å²) >= 11 is 0. The van der Waals surface area contributed by atoms with Crippen LogP contribution in [0.4, 0.5) is 0 Å². The molecule has 0 radical (unpaired) electrons. The van der Waals surface area contributed by atoms with Gasteiger partial charge in [0.05, 0.1) is 22.6 Å². The van der Waals surface area contributed by atoms with Crippen LogP contribution in [0.2, 0.25) is 0 Å². The van der Waals surface area contributed by atoms with Gasteiger partial charge in [0, 0.05) is 18.9 Å². The summed E-state index contributed by atoms with van der Waals surface area (Å²) in [5.74, 6) is 0.689. The number of nitrogens with zero attached hydrogens (tertiary/aromatic N) is 3. The first kappa shape index (κ1) is 20.8. The fourth-order valence-corrected chi connectivity index (χ4v) is 4.13. The maximum atomic E-state index is 12.7. The van der Waals surface area contributed by atoms with Crippen molar-refractivity contribution in [2.75, 3.05) is 0 Å². The van der Waals surface area contributed by atoms with Crippen molar-refractivity contribution >= 4 is 16.9 Å². The number of aromatic nitrogens is 3. The van der Waals surface area contributed by atoms with Gasteiger partial charge in [-0.2, -0.15) is 0 Å². The highest BCUT2D eigenvalue weighted by Crippen LogP contribution is 2.27. The lowest BCUT2D eigenvalue weighted by atomic mass is 9.94. The lowest BCUT2D eigenvalue weighted by Gasteiger charge is -2.20. The topological polar surface area (TPSA) is 59.8 Å². The summed E-state index contributed by atoms with van der Waals surface area (Å²) in [5.41, 5.74) is 9.05. The third-order valence-corrected chi connectivity index (χ3v) is 6.18. The first-order valence-electron chi connectivity index (χ1n) is 10.6. The molecule has 5 nitrogen and oxygen atoms in total. The van der Waals surface area contributed by atoms with Crippen LogP contribution in [0.5, 0.6) is 0 Å². The van der Waals surface area contributed by atoms with Gasteiger partial charge in [0.2, 0.25) is 0 Å². The van der Waals surface area contributed by atoms with Crippen molar-refractivity contribution in [3.8, 4) is 0 Å². The van der Waals surface area contributed by atoms with Gasteiger partial charge >= 0.3 is 0 Å². The number of para-hydroxylation sites is 2. The summed E-state index contributed by atoms with van der Waals surface area (Å²) in [4.78, 5) is 21.7. The van der Waals surface area contributed by atoms with Gasteiger partial charge in [-0.1, -0.05) is 18.2 Å². The van der Waals surface area contributed by atoms with E-state index in [9.17, 15) is 4.79 Å². The number of nitrogens with one attached hydrogen (secondary N) is 1. The van der Waals surface area contributed by atoms with Crippen LogP contribution in [0, 0.1) is 27.7 Å². The zero-order valence-corrected chi connectivity index (χ0v) is 18.7. The van der Waals surface area contributed by atoms with Crippen molar-refractivity contribution in [1.82, 2.24) is 19.9 Å². The predicted molar refractivity (Wildman–Crippen MR) is 124 cm³/mol. The number of hydrogen-bond donors (Lipinski definition) is 1. The lowest BCUT2D eigenvalue weighted by Crippen LogP contribution is -2.29. The minimum atomic E-state index is -0.258. The van der Waals surface area contributed by atoms with Crippen LogP contribution in [0.25, 0.3) is 11.0 Å². The Hall–Kier alpha value is -3.47. The van der Waals surface area contributed by atoms with Crippen LogP contribution >= 0.6 is 0 Å². The van der Waals surface area contributed by atoms with Crippen LogP contribution in [0.15, 0.2) is 54.9 Å². The highest BCUT2D eigenvalue weighted by Gasteiger charge is 2.21. The molecular formula is C26H28N4O. The number of fused-ring (bicyclic) bond motifs is 1. The second kappa shape index (κ2) is 8.34. The third kappa shape index (κ3) is 3.96. The summed E-state index contributed by atoms with van der Waals surface area (Å²) in [7, 11) is 0. The van der Waals surface area contributed by atoms with E-state index < -0.39 is 0 Å². The molecule has 1 atom stereocenters. The zero-order chi connectivity index (χ0) is 22.1. The molecule has 0 spiro atoms. The summed E-state index contributed by atoms with van der Waals surface area (Å²) in [5, 5.41) is 3.09. The van der Waals surface area contributed by atoms with Gasteiger partial charge in [-0.3, -0.25) is 9.78 Å². The molecule has 1 amide bonds. The third-order valence-electron chi connectivity index (χ3n) is 6.18. The quantitative estimate of drug-likeness (QED) is 0.490. The lowest BCUT2D eigenvalue weighted by molar-refractivity contribution is 0.0937. The SMILES string of the molecule is Cc1cc(C)c(C)c(Cn2c(C(C)NC(=O)c3cccnc3)nc3ccccc32)c1C. The van der Waals surface area contributed by atoms with Crippen molar-refractivity contribution < 1.29 is 4.79 Å². The standard InChI is InChI=1S/C26H28N4O/c1-16-13-17(2)19(4)22(18(16)3)15-30-24-11-7-6-10-23(24)29-25(30)20(5)28-26(31)21-9-8-12-27-14-21/h6-14,20H,15H2,1-5H3,(H,28,31). The van der Waals surface area contributed by atoms with E-state index in [0.29, 0.717) is 12.1 Å². The van der Waals surface area contributed by atoms with E-state index in [1.165, 1.54) is 27.8 Å². The molecule has 2 aromatic carbocycles. The molecule has 5 heteroatoms. The normalized spacial score (nSPS) is 12.2. The van der Waals surface area contributed by atoms with E-state index in [-0.39, 0.29) is 11.9 Å². The van der Waals surface area contributed by atoms with Crippen LogP contribution in [0.3, 0.4) is 0 Å². The fourth-order valence-electron chi connectivity index (χ4n) is 4.13. The van der Waals surface area contributed by atoms with Gasteiger partial charge in [-0.05, 0) is 86.7 Å². The number of imidazole rings is 1. The van der Waals surface area contributed by atoms with Gasteiger partial charge in [0.25, 0.3) is 5.91 Å². The predicted octanol–water partition coefficient (Wildman–Crippen LogP) is 5.20. The van der Waals surface area contributed by atoms with E-state index in [0.717, 1.165) is 16.9 Å². The van der Waals surface area contributed by atoms with Crippen molar-refractivity contribution in [3.05, 3.63) is 94.1 Å². The van der Waals surface area contributed by atoms with Crippen LogP contribution in [0.1, 0.15) is 57.0 Å². The van der Waals surface area contributed by atoms with E-state index in [2.05, 4.69) is 54.7 Å². The Morgan fingerprint density at radius 2 is 1.74 bits per heavy atom. The number of amides is 1. The smallest absolute Gasteiger partial charge is 0.253 e. The molecule has 31 heavy (non-hydrogen) atoms. The van der Waals surface area contributed by atoms with Crippen molar-refractivity contribution in [2.24, 2.45) is 0 Å². The molecule has 2 aromatic heterocycles. The van der Waals surface area contributed by atoms with Crippen molar-refractivity contribution in [2.45, 2.75) is 47.2 Å². The molecule has 4 rings (SSSR count). The molecule has 158 valence electrons. The number of carbonyl (C=O) groups excluding carboxylic acids is 1. The van der Waals surface area contributed by atoms with Gasteiger partial charge in [0.1, 0.15) is 5.82 Å². The molecule has 0 fully saturated rings. The summed E-state index contributed by atoms with van der Waals surface area (Å²) < 4.78 is 2.23. The number of benzene rings is 2. The maximum Gasteiger partial charge on any atom is 0.253 e. The molecule has 0 aliphatic heterocycles. The fraction of sp³-hybridized carbons (Fsp3) is 0.269. The molecule has 0 saturated carbocycles. The molecule has 0 bridgehead atoms. The van der Waals surface area contributed by atoms with Gasteiger partial charge in [-0.15, -0.1) is 0 Å². The Morgan fingerprint density at radius 1 is 1.03 bits per heavy atom. The minimum absolute atomic E-state index is 0.155. The molecule has 2 heterocycles. The van der Waals surface area contributed by atoms with Crippen LogP contribution < -0.4 is 5.32 Å². The van der Waals surface area contributed by atoms with Crippen molar-refractivity contribution in [1.29, 1.82) is 0 Å². The highest BCUT2D eigenvalue weighted by molar-refractivity contribution is 5.94. The Morgan fingerprint density at radius 3 is 2.42 bits per heavy atom. The monoisotopic (exact) mass is 412 g/mol. The van der Waals surface area contributed by atoms with Gasteiger partial charge in [0.15, 0.2) is 0 Å². The Balaban J connectivity index is 1.76. The first-order chi connectivity index (χ1) is 14.9. The average molecular weight is 413 g/mol. The maximum absolute atomic E-state index is 12.7. The first-order valence-corrected chi connectivity index (χ1v) is 10.6. The average Bonchev–Trinajstić information content (AvgIpc) is 3.14.